The summed E-state index contributed by atoms with van der Waals surface area (Å²) in [7, 11) is 0. The molecule has 0 amide bonds. The molecular weight excluding hydrogens is 200 g/mol. The molecule has 16 heavy (non-hydrogen) atoms. The van der Waals surface area contributed by atoms with Crippen LogP contribution in [0.15, 0.2) is 0 Å². The molecule has 3 heteroatoms. The third-order valence-corrected chi connectivity index (χ3v) is 4.28. The summed E-state index contributed by atoms with van der Waals surface area (Å²) in [4.78, 5) is 2.57. The Morgan fingerprint density at radius 1 is 1.31 bits per heavy atom. The molecule has 2 N–H and O–H groups in total. The van der Waals surface area contributed by atoms with Crippen molar-refractivity contribution in [1.82, 2.24) is 10.2 Å². The topological polar surface area (TPSA) is 35.5 Å². The van der Waals surface area contributed by atoms with Gasteiger partial charge in [0.2, 0.25) is 0 Å². The maximum atomic E-state index is 10.2. The first-order valence-corrected chi connectivity index (χ1v) is 6.69. The second-order valence-corrected chi connectivity index (χ2v) is 6.09. The molecule has 0 aliphatic carbocycles. The zero-order valence-electron chi connectivity index (χ0n) is 10.9. The normalized spacial score (nSPS) is 37.9. The van der Waals surface area contributed by atoms with Crippen molar-refractivity contribution in [3.63, 3.8) is 0 Å². The largest absolute Gasteiger partial charge is 0.389 e. The molecule has 3 atom stereocenters. The Bertz CT molecular complexity index is 237. The Hall–Kier alpha value is -0.120. The van der Waals surface area contributed by atoms with Gasteiger partial charge in [-0.3, -0.25) is 4.90 Å². The van der Waals surface area contributed by atoms with Gasteiger partial charge in [0, 0.05) is 12.1 Å². The van der Waals surface area contributed by atoms with Gasteiger partial charge in [0.25, 0.3) is 0 Å². The lowest BCUT2D eigenvalue weighted by atomic mass is 9.89. The zero-order chi connectivity index (χ0) is 11.8. The maximum Gasteiger partial charge on any atom is 0.0746 e. The molecule has 2 fully saturated rings. The van der Waals surface area contributed by atoms with E-state index in [0.29, 0.717) is 18.0 Å². The number of piperidine rings is 1. The van der Waals surface area contributed by atoms with E-state index in [1.54, 1.807) is 0 Å². The lowest BCUT2D eigenvalue weighted by molar-refractivity contribution is -0.0298. The molecule has 0 spiro atoms. The van der Waals surface area contributed by atoms with Crippen LogP contribution in [0.1, 0.15) is 40.0 Å². The summed E-state index contributed by atoms with van der Waals surface area (Å²) in [6.45, 7) is 9.67. The second-order valence-electron chi connectivity index (χ2n) is 6.09. The van der Waals surface area contributed by atoms with E-state index in [2.05, 4.69) is 17.1 Å². The van der Waals surface area contributed by atoms with Crippen molar-refractivity contribution in [3.8, 4) is 0 Å². The van der Waals surface area contributed by atoms with E-state index in [4.69, 9.17) is 0 Å². The summed E-state index contributed by atoms with van der Waals surface area (Å²) in [6, 6.07) is 1.03. The predicted molar refractivity (Wildman–Crippen MR) is 66.5 cm³/mol. The molecule has 2 heterocycles. The highest BCUT2D eigenvalue weighted by atomic mass is 16.3. The van der Waals surface area contributed by atoms with Crippen molar-refractivity contribution < 1.29 is 5.11 Å². The van der Waals surface area contributed by atoms with Crippen molar-refractivity contribution in [3.05, 3.63) is 0 Å². The van der Waals surface area contributed by atoms with Crippen molar-refractivity contribution in [2.45, 2.75) is 57.7 Å². The molecule has 0 aromatic heterocycles. The smallest absolute Gasteiger partial charge is 0.0746 e. The van der Waals surface area contributed by atoms with Gasteiger partial charge in [-0.25, -0.2) is 0 Å². The van der Waals surface area contributed by atoms with E-state index in [1.165, 1.54) is 19.4 Å². The molecule has 2 aliphatic rings. The van der Waals surface area contributed by atoms with Gasteiger partial charge in [0.1, 0.15) is 0 Å². The summed E-state index contributed by atoms with van der Waals surface area (Å²) in [6.07, 6.45) is 3.62. The molecule has 0 radical (unpaired) electrons. The van der Waals surface area contributed by atoms with E-state index < -0.39 is 5.60 Å². The van der Waals surface area contributed by atoms with E-state index in [-0.39, 0.29) is 0 Å². The van der Waals surface area contributed by atoms with Crippen LogP contribution in [0.5, 0.6) is 0 Å². The number of nitrogens with zero attached hydrogens (tertiary/aromatic N) is 1. The quantitative estimate of drug-likeness (QED) is 0.743. The van der Waals surface area contributed by atoms with E-state index in [9.17, 15) is 5.11 Å². The molecule has 2 saturated heterocycles. The van der Waals surface area contributed by atoms with Gasteiger partial charge in [-0.2, -0.15) is 0 Å². The van der Waals surface area contributed by atoms with E-state index in [0.717, 1.165) is 19.5 Å². The number of hydrogen-bond donors (Lipinski definition) is 2. The first kappa shape index (κ1) is 12.3. The Labute approximate surface area is 99.2 Å². The Balaban J connectivity index is 2.07. The second kappa shape index (κ2) is 4.63. The number of nitrogens with one attached hydrogen (secondary N) is 1. The summed E-state index contributed by atoms with van der Waals surface area (Å²) in [5.74, 6) is 0.705. The van der Waals surface area contributed by atoms with Crippen LogP contribution in [0.3, 0.4) is 0 Å². The van der Waals surface area contributed by atoms with Crippen molar-refractivity contribution in [2.24, 2.45) is 5.92 Å². The van der Waals surface area contributed by atoms with Crippen LogP contribution in [-0.4, -0.2) is 47.3 Å². The van der Waals surface area contributed by atoms with Gasteiger partial charge in [0.15, 0.2) is 0 Å². The standard InChI is InChI=1S/C13H26N2O/c1-10-9-14-7-6-11(10)15-8-4-5-12(15)13(2,3)16/h10-12,14,16H,4-9H2,1-3H3/t10?,11-,12?/m0/s1. The van der Waals surface area contributed by atoms with Crippen LogP contribution in [0, 0.1) is 5.92 Å². The van der Waals surface area contributed by atoms with E-state index in [1.807, 2.05) is 13.8 Å². The van der Waals surface area contributed by atoms with Crippen LogP contribution in [0.25, 0.3) is 0 Å². The number of likely N-dealkylation sites (tertiary alicyclic amines) is 1. The molecule has 3 nitrogen and oxygen atoms in total. The molecular formula is C13H26N2O. The fourth-order valence-corrected chi connectivity index (χ4v) is 3.44. The zero-order valence-corrected chi connectivity index (χ0v) is 10.9. The third kappa shape index (κ3) is 2.41. The lowest BCUT2D eigenvalue weighted by Gasteiger charge is -2.43. The van der Waals surface area contributed by atoms with E-state index >= 15 is 0 Å². The van der Waals surface area contributed by atoms with Crippen LogP contribution in [-0.2, 0) is 0 Å². The Morgan fingerprint density at radius 2 is 2.06 bits per heavy atom. The molecule has 0 saturated carbocycles. The average molecular weight is 226 g/mol. The van der Waals surface area contributed by atoms with Crippen LogP contribution < -0.4 is 5.32 Å². The Morgan fingerprint density at radius 3 is 2.69 bits per heavy atom. The molecule has 2 aliphatic heterocycles. The monoisotopic (exact) mass is 226 g/mol. The van der Waals surface area contributed by atoms with Gasteiger partial charge in [-0.1, -0.05) is 6.92 Å². The summed E-state index contributed by atoms with van der Waals surface area (Å²) in [5, 5.41) is 13.7. The van der Waals surface area contributed by atoms with Crippen molar-refractivity contribution in [1.29, 1.82) is 0 Å². The molecule has 2 rings (SSSR count). The lowest BCUT2D eigenvalue weighted by Crippen LogP contribution is -2.55. The highest BCUT2D eigenvalue weighted by molar-refractivity contribution is 4.96. The third-order valence-electron chi connectivity index (χ3n) is 4.28. The fourth-order valence-electron chi connectivity index (χ4n) is 3.44. The summed E-state index contributed by atoms with van der Waals surface area (Å²) < 4.78 is 0. The van der Waals surface area contributed by atoms with Gasteiger partial charge in [-0.15, -0.1) is 0 Å². The first-order chi connectivity index (χ1) is 7.50. The highest BCUT2D eigenvalue weighted by Gasteiger charge is 2.41. The minimum Gasteiger partial charge on any atom is -0.389 e. The number of aliphatic hydroxyl groups is 1. The van der Waals surface area contributed by atoms with Crippen LogP contribution >= 0.6 is 0 Å². The fraction of sp³-hybridized carbons (Fsp3) is 1.00. The minimum absolute atomic E-state index is 0.359. The molecule has 0 aromatic carbocycles. The first-order valence-electron chi connectivity index (χ1n) is 6.69. The molecule has 94 valence electrons. The van der Waals surface area contributed by atoms with Crippen molar-refractivity contribution in [2.75, 3.05) is 19.6 Å². The molecule has 0 aromatic rings. The molecule has 2 unspecified atom stereocenters. The number of rotatable bonds is 2. The average Bonchev–Trinajstić information content (AvgIpc) is 2.66. The Kier molecular flexibility index (Phi) is 3.57. The van der Waals surface area contributed by atoms with Crippen LogP contribution in [0.4, 0.5) is 0 Å². The SMILES string of the molecule is CC1CNCC[C@@H]1N1CCCC1C(C)(C)O. The highest BCUT2D eigenvalue weighted by Crippen LogP contribution is 2.32. The maximum absolute atomic E-state index is 10.2. The number of hydrogen-bond acceptors (Lipinski definition) is 3. The minimum atomic E-state index is -0.554. The van der Waals surface area contributed by atoms with Gasteiger partial charge >= 0.3 is 0 Å². The van der Waals surface area contributed by atoms with Gasteiger partial charge in [-0.05, 0) is 58.7 Å². The summed E-state index contributed by atoms with van der Waals surface area (Å²) >= 11 is 0. The predicted octanol–water partition coefficient (Wildman–Crippen LogP) is 1.22. The van der Waals surface area contributed by atoms with Crippen molar-refractivity contribution >= 4 is 0 Å². The van der Waals surface area contributed by atoms with Gasteiger partial charge in [0.05, 0.1) is 5.60 Å². The summed E-state index contributed by atoms with van der Waals surface area (Å²) in [5.41, 5.74) is -0.554. The van der Waals surface area contributed by atoms with Crippen LogP contribution in [0.2, 0.25) is 0 Å². The molecule has 0 bridgehead atoms. The van der Waals surface area contributed by atoms with Gasteiger partial charge < -0.3 is 10.4 Å².